The molecule has 0 aliphatic carbocycles. The molecule has 3 aromatic rings. The van der Waals surface area contributed by atoms with Crippen molar-refractivity contribution >= 4 is 28.7 Å². The number of hydrazone groups is 1. The van der Waals surface area contributed by atoms with E-state index in [1.807, 2.05) is 24.3 Å². The minimum absolute atomic E-state index is 0.173. The number of carbonyl (C=O) groups is 1. The molecule has 0 spiro atoms. The Morgan fingerprint density at radius 1 is 1.18 bits per heavy atom. The molecule has 0 saturated heterocycles. The molecule has 0 radical (unpaired) electrons. The number of H-pyrrole nitrogens is 1. The first-order valence-electron chi connectivity index (χ1n) is 6.64. The van der Waals surface area contributed by atoms with Crippen LogP contribution in [0.15, 0.2) is 53.6 Å². The number of benzene rings is 2. The third kappa shape index (κ3) is 2.62. The molecule has 6 heteroatoms. The van der Waals surface area contributed by atoms with Gasteiger partial charge in [0.2, 0.25) is 0 Å². The molecular weight excluding hydrogens is 280 g/mol. The second kappa shape index (κ2) is 5.61. The molecule has 1 aromatic heterocycles. The van der Waals surface area contributed by atoms with Crippen LogP contribution >= 0.6 is 0 Å². The molecule has 0 bridgehead atoms. The standard InChI is InChI=1S/C16H14N4O2/c17-14-12-3-1-2-4-13(12)19-15(14)16(22)20-18-9-10-5-7-11(21)8-6-10/h1-9,19,21H,17H2,(H,20,22)/b18-9+. The molecule has 110 valence electrons. The maximum Gasteiger partial charge on any atom is 0.289 e. The van der Waals surface area contributed by atoms with Gasteiger partial charge in [-0.1, -0.05) is 18.2 Å². The molecule has 0 saturated carbocycles. The number of aromatic hydroxyl groups is 1. The third-order valence-electron chi connectivity index (χ3n) is 3.25. The van der Waals surface area contributed by atoms with Crippen molar-refractivity contribution in [3.63, 3.8) is 0 Å². The van der Waals surface area contributed by atoms with Crippen molar-refractivity contribution in [3.8, 4) is 5.75 Å². The number of nitrogens with zero attached hydrogens (tertiary/aromatic N) is 1. The van der Waals surface area contributed by atoms with Crippen LogP contribution in [0.5, 0.6) is 5.75 Å². The van der Waals surface area contributed by atoms with Gasteiger partial charge in [0.15, 0.2) is 0 Å². The van der Waals surface area contributed by atoms with Crippen molar-refractivity contribution in [1.29, 1.82) is 0 Å². The number of hydrogen-bond donors (Lipinski definition) is 4. The minimum Gasteiger partial charge on any atom is -0.508 e. The van der Waals surface area contributed by atoms with Crippen molar-refractivity contribution in [3.05, 3.63) is 59.8 Å². The summed E-state index contributed by atoms with van der Waals surface area (Å²) in [5.74, 6) is -0.240. The number of anilines is 1. The van der Waals surface area contributed by atoms with Crippen LogP contribution in [-0.2, 0) is 0 Å². The molecule has 1 heterocycles. The number of hydrogen-bond acceptors (Lipinski definition) is 4. The van der Waals surface area contributed by atoms with Crippen molar-refractivity contribution in [2.24, 2.45) is 5.10 Å². The van der Waals surface area contributed by atoms with Crippen molar-refractivity contribution < 1.29 is 9.90 Å². The highest BCUT2D eigenvalue weighted by atomic mass is 16.3. The number of nitrogens with one attached hydrogen (secondary N) is 2. The Kier molecular flexibility index (Phi) is 3.49. The van der Waals surface area contributed by atoms with Gasteiger partial charge in [-0.2, -0.15) is 5.10 Å². The van der Waals surface area contributed by atoms with Crippen LogP contribution in [0.3, 0.4) is 0 Å². The van der Waals surface area contributed by atoms with Gasteiger partial charge in [0.1, 0.15) is 11.4 Å². The summed E-state index contributed by atoms with van der Waals surface area (Å²) >= 11 is 0. The Morgan fingerprint density at radius 2 is 1.91 bits per heavy atom. The van der Waals surface area contributed by atoms with E-state index in [1.165, 1.54) is 6.21 Å². The highest BCUT2D eigenvalue weighted by Crippen LogP contribution is 2.24. The highest BCUT2D eigenvalue weighted by Gasteiger charge is 2.14. The number of aromatic amines is 1. The van der Waals surface area contributed by atoms with E-state index in [1.54, 1.807) is 24.3 Å². The van der Waals surface area contributed by atoms with E-state index in [2.05, 4.69) is 15.5 Å². The molecule has 1 amide bonds. The fourth-order valence-electron chi connectivity index (χ4n) is 2.12. The van der Waals surface area contributed by atoms with Gasteiger partial charge in [-0.15, -0.1) is 0 Å². The molecular formula is C16H14N4O2. The van der Waals surface area contributed by atoms with E-state index >= 15 is 0 Å². The summed E-state index contributed by atoms with van der Waals surface area (Å²) in [7, 11) is 0. The lowest BCUT2D eigenvalue weighted by Gasteiger charge is -1.99. The van der Waals surface area contributed by atoms with Crippen LogP contribution in [0.2, 0.25) is 0 Å². The van der Waals surface area contributed by atoms with Crippen LogP contribution < -0.4 is 11.2 Å². The van der Waals surface area contributed by atoms with Crippen LogP contribution in [0, 0.1) is 0 Å². The lowest BCUT2D eigenvalue weighted by Crippen LogP contribution is -2.19. The number of phenolic OH excluding ortho intramolecular Hbond substituents is 1. The molecule has 2 aromatic carbocycles. The van der Waals surface area contributed by atoms with E-state index in [0.717, 1.165) is 16.5 Å². The number of fused-ring (bicyclic) bond motifs is 1. The van der Waals surface area contributed by atoms with E-state index in [0.29, 0.717) is 5.69 Å². The van der Waals surface area contributed by atoms with Gasteiger partial charge in [0, 0.05) is 10.9 Å². The molecule has 0 aliphatic rings. The Bertz CT molecular complexity index is 850. The lowest BCUT2D eigenvalue weighted by molar-refractivity contribution is 0.0952. The monoisotopic (exact) mass is 294 g/mol. The van der Waals surface area contributed by atoms with Crippen molar-refractivity contribution in [1.82, 2.24) is 10.4 Å². The Balaban J connectivity index is 1.76. The van der Waals surface area contributed by atoms with Crippen LogP contribution in [0.1, 0.15) is 16.1 Å². The molecule has 0 fully saturated rings. The van der Waals surface area contributed by atoms with Crippen molar-refractivity contribution in [2.45, 2.75) is 0 Å². The van der Waals surface area contributed by atoms with Crippen LogP contribution in [-0.4, -0.2) is 22.2 Å². The van der Waals surface area contributed by atoms with Gasteiger partial charge in [0.05, 0.1) is 11.9 Å². The maximum atomic E-state index is 12.1. The molecule has 22 heavy (non-hydrogen) atoms. The first-order valence-corrected chi connectivity index (χ1v) is 6.64. The minimum atomic E-state index is -0.413. The topological polar surface area (TPSA) is 104 Å². The summed E-state index contributed by atoms with van der Waals surface area (Å²) in [6.45, 7) is 0. The lowest BCUT2D eigenvalue weighted by atomic mass is 10.2. The van der Waals surface area contributed by atoms with E-state index in [9.17, 15) is 9.90 Å². The Labute approximate surface area is 126 Å². The highest BCUT2D eigenvalue weighted by molar-refractivity contribution is 6.07. The van der Waals surface area contributed by atoms with E-state index in [-0.39, 0.29) is 11.4 Å². The number of carbonyl (C=O) groups excluding carboxylic acids is 1. The van der Waals surface area contributed by atoms with Crippen molar-refractivity contribution in [2.75, 3.05) is 5.73 Å². The number of rotatable bonds is 3. The largest absolute Gasteiger partial charge is 0.508 e. The second-order valence-electron chi connectivity index (χ2n) is 4.75. The molecule has 0 unspecified atom stereocenters. The number of para-hydroxylation sites is 1. The summed E-state index contributed by atoms with van der Waals surface area (Å²) in [6, 6.07) is 13.9. The predicted molar refractivity (Wildman–Crippen MR) is 85.9 cm³/mol. The Morgan fingerprint density at radius 3 is 2.64 bits per heavy atom. The smallest absolute Gasteiger partial charge is 0.289 e. The fraction of sp³-hybridized carbons (Fsp3) is 0. The predicted octanol–water partition coefficient (Wildman–Crippen LogP) is 2.22. The summed E-state index contributed by atoms with van der Waals surface area (Å²) in [5, 5.41) is 13.9. The van der Waals surface area contributed by atoms with Gasteiger partial charge in [-0.3, -0.25) is 4.79 Å². The number of aromatic nitrogens is 1. The quantitative estimate of drug-likeness (QED) is 0.440. The summed E-state index contributed by atoms with van der Waals surface area (Å²) < 4.78 is 0. The van der Waals surface area contributed by atoms with E-state index in [4.69, 9.17) is 5.73 Å². The van der Waals surface area contributed by atoms with Gasteiger partial charge in [-0.25, -0.2) is 5.43 Å². The van der Waals surface area contributed by atoms with Crippen LogP contribution in [0.4, 0.5) is 5.69 Å². The molecule has 0 atom stereocenters. The average Bonchev–Trinajstić information content (AvgIpc) is 2.87. The SMILES string of the molecule is Nc1c(C(=O)N/N=C/c2ccc(O)cc2)[nH]c2ccccc12. The van der Waals surface area contributed by atoms with Gasteiger partial charge in [-0.05, 0) is 35.9 Å². The van der Waals surface area contributed by atoms with Gasteiger partial charge in [0.25, 0.3) is 5.91 Å². The molecule has 3 rings (SSSR count). The molecule has 5 N–H and O–H groups in total. The normalized spacial score (nSPS) is 11.1. The second-order valence-corrected chi connectivity index (χ2v) is 4.75. The number of amides is 1. The molecule has 6 nitrogen and oxygen atoms in total. The number of nitrogens with two attached hydrogens (primary N) is 1. The Hall–Kier alpha value is -3.28. The van der Waals surface area contributed by atoms with E-state index < -0.39 is 5.91 Å². The van der Waals surface area contributed by atoms with Gasteiger partial charge >= 0.3 is 0 Å². The zero-order valence-corrected chi connectivity index (χ0v) is 11.6. The number of nitrogen functional groups attached to an aromatic ring is 1. The zero-order valence-electron chi connectivity index (χ0n) is 11.6. The first-order chi connectivity index (χ1) is 10.6. The summed E-state index contributed by atoms with van der Waals surface area (Å²) in [6.07, 6.45) is 1.48. The summed E-state index contributed by atoms with van der Waals surface area (Å²) in [4.78, 5) is 15.1. The van der Waals surface area contributed by atoms with Crippen LogP contribution in [0.25, 0.3) is 10.9 Å². The summed E-state index contributed by atoms with van der Waals surface area (Å²) in [5.41, 5.74) is 10.6. The third-order valence-corrected chi connectivity index (χ3v) is 3.25. The fourth-order valence-corrected chi connectivity index (χ4v) is 2.12. The van der Waals surface area contributed by atoms with Gasteiger partial charge < -0.3 is 15.8 Å². The maximum absolute atomic E-state index is 12.1. The average molecular weight is 294 g/mol. The molecule has 0 aliphatic heterocycles. The first kappa shape index (κ1) is 13.7. The zero-order chi connectivity index (χ0) is 15.5. The number of phenols is 1.